The molecule has 0 fully saturated rings. The van der Waals surface area contributed by atoms with Crippen molar-refractivity contribution in [2.45, 2.75) is 20.1 Å². The van der Waals surface area contributed by atoms with E-state index in [4.69, 9.17) is 16.3 Å². The van der Waals surface area contributed by atoms with Crippen molar-refractivity contribution in [2.24, 2.45) is 0 Å². The zero-order valence-corrected chi connectivity index (χ0v) is 14.2. The van der Waals surface area contributed by atoms with Crippen LogP contribution in [-0.4, -0.2) is 26.9 Å². The van der Waals surface area contributed by atoms with E-state index in [1.807, 2.05) is 12.3 Å². The van der Waals surface area contributed by atoms with Gasteiger partial charge in [-0.1, -0.05) is 17.7 Å². The summed E-state index contributed by atoms with van der Waals surface area (Å²) in [5.74, 6) is 0.712. The first-order valence-corrected chi connectivity index (χ1v) is 8.12. The second-order valence-electron chi connectivity index (χ2n) is 4.89. The molecule has 0 saturated carbocycles. The van der Waals surface area contributed by atoms with Gasteiger partial charge in [0.05, 0.1) is 11.6 Å². The van der Waals surface area contributed by atoms with Crippen LogP contribution >= 0.6 is 22.9 Å². The van der Waals surface area contributed by atoms with Gasteiger partial charge in [0, 0.05) is 23.1 Å². The van der Waals surface area contributed by atoms with Crippen molar-refractivity contribution in [1.82, 2.24) is 19.7 Å². The Balaban J connectivity index is 1.99. The molecule has 0 aliphatic carbocycles. The number of rotatable bonds is 5. The molecule has 1 aromatic carbocycles. The van der Waals surface area contributed by atoms with Crippen LogP contribution in [0.15, 0.2) is 23.6 Å². The number of hydrogen-bond donors (Lipinski definition) is 0. The summed E-state index contributed by atoms with van der Waals surface area (Å²) < 4.78 is 20.7. The largest absolute Gasteiger partial charge is 0.377 e. The Morgan fingerprint density at radius 3 is 2.83 bits per heavy atom. The van der Waals surface area contributed by atoms with Gasteiger partial charge in [0.15, 0.2) is 5.82 Å². The van der Waals surface area contributed by atoms with E-state index in [-0.39, 0.29) is 19.0 Å². The van der Waals surface area contributed by atoms with Crippen LogP contribution in [-0.2, 0) is 17.9 Å². The molecular weight excluding hydrogens is 339 g/mol. The lowest BCUT2D eigenvalue weighted by Gasteiger charge is -2.08. The lowest BCUT2D eigenvalue weighted by molar-refractivity contribution is 0.173. The summed E-state index contributed by atoms with van der Waals surface area (Å²) >= 11 is 7.62. The smallest absolute Gasteiger partial charge is 0.200 e. The molecule has 0 aliphatic rings. The minimum Gasteiger partial charge on any atom is -0.377 e. The van der Waals surface area contributed by atoms with Gasteiger partial charge in [0.2, 0.25) is 5.82 Å². The second-order valence-corrected chi connectivity index (χ2v) is 6.36. The first-order chi connectivity index (χ1) is 11.1. The predicted molar refractivity (Wildman–Crippen MR) is 87.1 cm³/mol. The topological polar surface area (TPSA) is 52.8 Å². The molecule has 0 bridgehead atoms. The Morgan fingerprint density at radius 1 is 1.35 bits per heavy atom. The third-order valence-electron chi connectivity index (χ3n) is 3.24. The van der Waals surface area contributed by atoms with Crippen molar-refractivity contribution >= 4 is 22.9 Å². The SMILES string of the molecule is COCc1nc(-c2csc(C)n2)nn1Cc1c(F)cccc1Cl. The van der Waals surface area contributed by atoms with E-state index in [0.717, 1.165) is 5.01 Å². The van der Waals surface area contributed by atoms with Crippen molar-refractivity contribution in [3.05, 3.63) is 50.8 Å². The number of benzene rings is 1. The number of nitrogens with zero attached hydrogens (tertiary/aromatic N) is 4. The van der Waals surface area contributed by atoms with Gasteiger partial charge in [-0.25, -0.2) is 19.0 Å². The highest BCUT2D eigenvalue weighted by molar-refractivity contribution is 7.09. The summed E-state index contributed by atoms with van der Waals surface area (Å²) in [6, 6.07) is 4.60. The maximum Gasteiger partial charge on any atom is 0.200 e. The van der Waals surface area contributed by atoms with Crippen LogP contribution in [0.1, 0.15) is 16.4 Å². The number of ether oxygens (including phenoxy) is 1. The van der Waals surface area contributed by atoms with E-state index in [0.29, 0.717) is 27.9 Å². The van der Waals surface area contributed by atoms with E-state index < -0.39 is 0 Å². The van der Waals surface area contributed by atoms with Crippen LogP contribution in [0, 0.1) is 12.7 Å². The summed E-state index contributed by atoms with van der Waals surface area (Å²) in [5, 5.41) is 7.61. The molecule has 3 aromatic rings. The average molecular weight is 353 g/mol. The molecule has 0 radical (unpaired) electrons. The number of methoxy groups -OCH3 is 1. The van der Waals surface area contributed by atoms with Gasteiger partial charge in [0.25, 0.3) is 0 Å². The molecule has 0 unspecified atom stereocenters. The third kappa shape index (κ3) is 3.41. The van der Waals surface area contributed by atoms with Crippen molar-refractivity contribution < 1.29 is 9.13 Å². The summed E-state index contributed by atoms with van der Waals surface area (Å²) in [6.07, 6.45) is 0. The Bertz CT molecular complexity index is 812. The summed E-state index contributed by atoms with van der Waals surface area (Å²) in [6.45, 7) is 2.36. The summed E-state index contributed by atoms with van der Waals surface area (Å²) in [5.41, 5.74) is 1.07. The monoisotopic (exact) mass is 352 g/mol. The maximum atomic E-state index is 14.0. The first-order valence-electron chi connectivity index (χ1n) is 6.86. The molecule has 0 atom stereocenters. The van der Waals surface area contributed by atoms with E-state index in [1.165, 1.54) is 17.4 Å². The number of halogens is 2. The lowest BCUT2D eigenvalue weighted by Crippen LogP contribution is -2.09. The van der Waals surface area contributed by atoms with Crippen molar-refractivity contribution in [2.75, 3.05) is 7.11 Å². The molecular formula is C15H14ClFN4OS. The minimum absolute atomic E-state index is 0.181. The van der Waals surface area contributed by atoms with Gasteiger partial charge in [-0.2, -0.15) is 0 Å². The van der Waals surface area contributed by atoms with Crippen molar-refractivity contribution in [1.29, 1.82) is 0 Å². The van der Waals surface area contributed by atoms with Crippen molar-refractivity contribution in [3.63, 3.8) is 0 Å². The third-order valence-corrected chi connectivity index (χ3v) is 4.37. The van der Waals surface area contributed by atoms with Crippen molar-refractivity contribution in [3.8, 4) is 11.5 Å². The minimum atomic E-state index is -0.373. The normalized spacial score (nSPS) is 11.1. The molecule has 5 nitrogen and oxygen atoms in total. The van der Waals surface area contributed by atoms with Crippen LogP contribution in [0.4, 0.5) is 4.39 Å². The van der Waals surface area contributed by atoms with Crippen LogP contribution in [0.3, 0.4) is 0 Å². The van der Waals surface area contributed by atoms with Gasteiger partial charge < -0.3 is 4.74 Å². The average Bonchev–Trinajstić information content (AvgIpc) is 3.10. The van der Waals surface area contributed by atoms with E-state index >= 15 is 0 Å². The van der Waals surface area contributed by atoms with Gasteiger partial charge in [-0.3, -0.25) is 0 Å². The number of hydrogen-bond acceptors (Lipinski definition) is 5. The van der Waals surface area contributed by atoms with Gasteiger partial charge in [-0.05, 0) is 19.1 Å². The molecule has 3 rings (SSSR count). The fraction of sp³-hybridized carbons (Fsp3) is 0.267. The first kappa shape index (κ1) is 16.0. The zero-order valence-electron chi connectivity index (χ0n) is 12.6. The van der Waals surface area contributed by atoms with E-state index in [9.17, 15) is 4.39 Å². The maximum absolute atomic E-state index is 14.0. The second kappa shape index (κ2) is 6.74. The number of aromatic nitrogens is 4. The molecule has 2 heterocycles. The van der Waals surface area contributed by atoms with Crippen LogP contribution < -0.4 is 0 Å². The standard InChI is InChI=1S/C15H14ClFN4OS/c1-9-18-13(8-23-9)15-19-14(7-22-2)21(20-15)6-10-11(16)4-3-5-12(10)17/h3-5,8H,6-7H2,1-2H3. The molecule has 0 N–H and O–H groups in total. The molecule has 0 aliphatic heterocycles. The fourth-order valence-electron chi connectivity index (χ4n) is 2.14. The summed E-state index contributed by atoms with van der Waals surface area (Å²) in [7, 11) is 1.57. The van der Waals surface area contributed by atoms with Gasteiger partial charge in [-0.15, -0.1) is 16.4 Å². The Kier molecular flexibility index (Phi) is 4.70. The Hall–Kier alpha value is -1.83. The molecule has 0 amide bonds. The van der Waals surface area contributed by atoms with Crippen LogP contribution in [0.5, 0.6) is 0 Å². The molecule has 120 valence electrons. The summed E-state index contributed by atoms with van der Waals surface area (Å²) in [4.78, 5) is 8.82. The Labute approximate surface area is 141 Å². The number of thiazole rings is 1. The Morgan fingerprint density at radius 2 is 2.17 bits per heavy atom. The highest BCUT2D eigenvalue weighted by Gasteiger charge is 2.16. The fourth-order valence-corrected chi connectivity index (χ4v) is 2.96. The quantitative estimate of drug-likeness (QED) is 0.702. The zero-order chi connectivity index (χ0) is 16.4. The van der Waals surface area contributed by atoms with Gasteiger partial charge in [0.1, 0.15) is 18.1 Å². The molecule has 23 heavy (non-hydrogen) atoms. The van der Waals surface area contributed by atoms with Crippen LogP contribution in [0.2, 0.25) is 5.02 Å². The highest BCUT2D eigenvalue weighted by atomic mass is 35.5. The molecule has 0 spiro atoms. The lowest BCUT2D eigenvalue weighted by atomic mass is 10.2. The number of aryl methyl sites for hydroxylation is 1. The van der Waals surface area contributed by atoms with E-state index in [2.05, 4.69) is 15.1 Å². The highest BCUT2D eigenvalue weighted by Crippen LogP contribution is 2.23. The van der Waals surface area contributed by atoms with Crippen LogP contribution in [0.25, 0.3) is 11.5 Å². The molecule has 0 saturated heterocycles. The molecule has 2 aromatic heterocycles. The van der Waals surface area contributed by atoms with Gasteiger partial charge >= 0.3 is 0 Å². The molecule has 8 heteroatoms. The van der Waals surface area contributed by atoms with E-state index in [1.54, 1.807) is 23.9 Å². The predicted octanol–water partition coefficient (Wildman–Crippen LogP) is 3.70.